The van der Waals surface area contributed by atoms with Crippen molar-refractivity contribution in [1.29, 1.82) is 0 Å². The van der Waals surface area contributed by atoms with Gasteiger partial charge < -0.3 is 4.74 Å². The number of ether oxygens (including phenoxy) is 1. The van der Waals surface area contributed by atoms with Gasteiger partial charge in [-0.1, -0.05) is 35.9 Å². The van der Waals surface area contributed by atoms with Gasteiger partial charge in [-0.05, 0) is 24.3 Å². The molecule has 6 heteroatoms. The molecule has 2 aromatic rings. The number of fused-ring (bicyclic) bond motifs is 1. The summed E-state index contributed by atoms with van der Waals surface area (Å²) in [6.07, 6.45) is 0. The van der Waals surface area contributed by atoms with Crippen LogP contribution < -0.4 is 9.75 Å². The van der Waals surface area contributed by atoms with E-state index in [2.05, 4.69) is 5.10 Å². The Kier molecular flexibility index (Phi) is 3.65. The summed E-state index contributed by atoms with van der Waals surface area (Å²) in [7, 11) is 0. The molecule has 0 bridgehead atoms. The van der Waals surface area contributed by atoms with E-state index in [0.29, 0.717) is 22.0 Å². The number of carbonyl (C=O) groups excluding carboxylic acids is 2. The van der Waals surface area contributed by atoms with Crippen LogP contribution in [0, 0.1) is 0 Å². The first-order valence-corrected chi connectivity index (χ1v) is 6.91. The SMILES string of the molecule is CC(=O)N(/N=C1\Oc2ccccc2C1=O)c1ccccc1Cl. The second-order valence-corrected chi connectivity index (χ2v) is 5.02. The molecule has 1 aliphatic rings. The number of nitrogens with zero attached hydrogens (tertiary/aromatic N) is 2. The third-order valence-electron chi connectivity index (χ3n) is 3.10. The topological polar surface area (TPSA) is 59.0 Å². The fourth-order valence-corrected chi connectivity index (χ4v) is 2.30. The van der Waals surface area contributed by atoms with Gasteiger partial charge in [0.05, 0.1) is 16.3 Å². The van der Waals surface area contributed by atoms with E-state index in [0.717, 1.165) is 5.01 Å². The molecule has 0 spiro atoms. The van der Waals surface area contributed by atoms with Gasteiger partial charge in [-0.3, -0.25) is 9.59 Å². The number of anilines is 1. The lowest BCUT2D eigenvalue weighted by atomic mass is 10.1. The molecule has 1 heterocycles. The van der Waals surface area contributed by atoms with Gasteiger partial charge in [0.2, 0.25) is 5.91 Å². The monoisotopic (exact) mass is 314 g/mol. The number of hydrogen-bond acceptors (Lipinski definition) is 4. The summed E-state index contributed by atoms with van der Waals surface area (Å²) >= 11 is 6.09. The molecule has 0 radical (unpaired) electrons. The highest BCUT2D eigenvalue weighted by atomic mass is 35.5. The summed E-state index contributed by atoms with van der Waals surface area (Å²) in [5, 5.41) is 5.45. The van der Waals surface area contributed by atoms with Crippen molar-refractivity contribution in [3.05, 3.63) is 59.1 Å². The lowest BCUT2D eigenvalue weighted by molar-refractivity contribution is -0.116. The largest absolute Gasteiger partial charge is 0.434 e. The number of hydrogen-bond donors (Lipinski definition) is 0. The maximum atomic E-state index is 12.2. The van der Waals surface area contributed by atoms with Crippen LogP contribution in [0.3, 0.4) is 0 Å². The Hall–Kier alpha value is -2.66. The Labute approximate surface area is 131 Å². The molecule has 2 aromatic carbocycles. The zero-order valence-electron chi connectivity index (χ0n) is 11.6. The molecule has 0 saturated heterocycles. The first kappa shape index (κ1) is 14.3. The Bertz CT molecular complexity index is 801. The Balaban J connectivity index is 2.01. The predicted octanol–water partition coefficient (Wildman–Crippen LogP) is 3.28. The highest BCUT2D eigenvalue weighted by Crippen LogP contribution is 2.29. The van der Waals surface area contributed by atoms with Crippen LogP contribution in [0.2, 0.25) is 5.02 Å². The van der Waals surface area contributed by atoms with Gasteiger partial charge in [0, 0.05) is 6.92 Å². The molecule has 0 saturated carbocycles. The molecule has 0 N–H and O–H groups in total. The molecule has 22 heavy (non-hydrogen) atoms. The van der Waals surface area contributed by atoms with Crippen molar-refractivity contribution in [2.24, 2.45) is 5.10 Å². The van der Waals surface area contributed by atoms with Gasteiger partial charge in [-0.25, -0.2) is 0 Å². The highest BCUT2D eigenvalue weighted by molar-refractivity contribution is 6.46. The summed E-state index contributed by atoms with van der Waals surface area (Å²) in [5.41, 5.74) is 0.806. The molecule has 0 aromatic heterocycles. The number of hydrazone groups is 1. The van der Waals surface area contributed by atoms with Crippen LogP contribution in [-0.2, 0) is 4.79 Å². The van der Waals surface area contributed by atoms with Gasteiger partial charge in [-0.15, -0.1) is 5.10 Å². The molecule has 1 aliphatic heterocycles. The fourth-order valence-electron chi connectivity index (χ4n) is 2.08. The van der Waals surface area contributed by atoms with Crippen molar-refractivity contribution >= 4 is 34.9 Å². The predicted molar refractivity (Wildman–Crippen MR) is 83.4 cm³/mol. The number of Topliss-reactive ketones (excluding diaryl/α,β-unsaturated/α-hetero) is 1. The highest BCUT2D eigenvalue weighted by Gasteiger charge is 2.30. The number of amides is 1. The van der Waals surface area contributed by atoms with Crippen LogP contribution in [0.1, 0.15) is 17.3 Å². The normalized spacial score (nSPS) is 14.6. The van der Waals surface area contributed by atoms with E-state index in [9.17, 15) is 9.59 Å². The van der Waals surface area contributed by atoms with Crippen molar-refractivity contribution in [3.63, 3.8) is 0 Å². The lowest BCUT2D eigenvalue weighted by Crippen LogP contribution is -2.27. The van der Waals surface area contributed by atoms with Crippen molar-refractivity contribution < 1.29 is 14.3 Å². The fraction of sp³-hybridized carbons (Fsp3) is 0.0625. The maximum absolute atomic E-state index is 12.2. The first-order chi connectivity index (χ1) is 10.6. The maximum Gasteiger partial charge on any atom is 0.286 e. The molecule has 0 fully saturated rings. The van der Waals surface area contributed by atoms with E-state index >= 15 is 0 Å². The smallest absolute Gasteiger partial charge is 0.286 e. The van der Waals surface area contributed by atoms with E-state index in [1.165, 1.54) is 6.92 Å². The number of benzene rings is 2. The van der Waals surface area contributed by atoms with Gasteiger partial charge >= 0.3 is 0 Å². The van der Waals surface area contributed by atoms with Crippen molar-refractivity contribution in [3.8, 4) is 5.75 Å². The summed E-state index contributed by atoms with van der Waals surface area (Å²) in [4.78, 5) is 24.1. The Morgan fingerprint density at radius 3 is 2.50 bits per heavy atom. The third-order valence-corrected chi connectivity index (χ3v) is 3.42. The molecule has 0 atom stereocenters. The standard InChI is InChI=1S/C16H11ClN2O3/c1-10(20)19(13-8-4-3-7-12(13)17)18-16-15(21)11-6-2-5-9-14(11)22-16/h2-9H,1H3/b18-16-. The molecule has 5 nitrogen and oxygen atoms in total. The average Bonchev–Trinajstić information content (AvgIpc) is 2.82. The van der Waals surface area contributed by atoms with Crippen molar-refractivity contribution in [2.75, 3.05) is 5.01 Å². The number of halogens is 1. The van der Waals surface area contributed by atoms with Crippen LogP contribution in [0.25, 0.3) is 0 Å². The molecular formula is C16H11ClN2O3. The van der Waals surface area contributed by atoms with Gasteiger partial charge in [0.1, 0.15) is 5.75 Å². The van der Waals surface area contributed by atoms with Gasteiger partial charge in [0.15, 0.2) is 0 Å². The first-order valence-electron chi connectivity index (χ1n) is 6.53. The minimum Gasteiger partial charge on any atom is -0.434 e. The summed E-state index contributed by atoms with van der Waals surface area (Å²) < 4.78 is 5.42. The number of para-hydroxylation sites is 2. The van der Waals surface area contributed by atoms with Gasteiger partial charge in [-0.2, -0.15) is 5.01 Å². The van der Waals surface area contributed by atoms with Crippen LogP contribution in [0.5, 0.6) is 5.75 Å². The molecule has 0 aliphatic carbocycles. The van der Waals surface area contributed by atoms with Crippen molar-refractivity contribution in [1.82, 2.24) is 0 Å². The van der Waals surface area contributed by atoms with Crippen LogP contribution in [0.4, 0.5) is 5.69 Å². The summed E-state index contributed by atoms with van der Waals surface area (Å²) in [5.74, 6) is -0.480. The number of rotatable bonds is 2. The molecule has 110 valence electrons. The minimum absolute atomic E-state index is 0.156. The average molecular weight is 315 g/mol. The van der Waals surface area contributed by atoms with Crippen LogP contribution >= 0.6 is 11.6 Å². The zero-order chi connectivity index (χ0) is 15.7. The molecule has 1 amide bonds. The van der Waals surface area contributed by atoms with Crippen LogP contribution in [0.15, 0.2) is 53.6 Å². The van der Waals surface area contributed by atoms with E-state index in [-0.39, 0.29) is 17.6 Å². The number of carbonyl (C=O) groups is 2. The third kappa shape index (κ3) is 2.46. The quantitative estimate of drug-likeness (QED) is 0.799. The summed E-state index contributed by atoms with van der Waals surface area (Å²) in [6.45, 7) is 1.33. The minimum atomic E-state index is -0.382. The van der Waals surface area contributed by atoms with E-state index < -0.39 is 0 Å². The second kappa shape index (κ2) is 5.61. The molecular weight excluding hydrogens is 304 g/mol. The Morgan fingerprint density at radius 1 is 1.14 bits per heavy atom. The second-order valence-electron chi connectivity index (χ2n) is 4.61. The van der Waals surface area contributed by atoms with E-state index in [4.69, 9.17) is 16.3 Å². The zero-order valence-corrected chi connectivity index (χ0v) is 12.4. The van der Waals surface area contributed by atoms with E-state index in [1.807, 2.05) is 0 Å². The lowest BCUT2D eigenvalue weighted by Gasteiger charge is -2.16. The van der Waals surface area contributed by atoms with Crippen molar-refractivity contribution in [2.45, 2.75) is 6.92 Å². The van der Waals surface area contributed by atoms with E-state index in [1.54, 1.807) is 48.5 Å². The molecule has 0 unspecified atom stereocenters. The number of ketones is 1. The van der Waals surface area contributed by atoms with Crippen LogP contribution in [-0.4, -0.2) is 17.6 Å². The molecule has 3 rings (SSSR count). The van der Waals surface area contributed by atoms with Gasteiger partial charge in [0.25, 0.3) is 11.7 Å². The Morgan fingerprint density at radius 2 is 1.82 bits per heavy atom. The summed E-state index contributed by atoms with van der Waals surface area (Å²) in [6, 6.07) is 13.6.